The maximum Gasteiger partial charge on any atom is 0.357 e. The van der Waals surface area contributed by atoms with Crippen LogP contribution in [0.3, 0.4) is 0 Å². The minimum Gasteiger partial charge on any atom is -0.463 e. The first-order valence-electron chi connectivity index (χ1n) is 5.78. The number of nitrogens with one attached hydrogen (secondary N) is 1. The van der Waals surface area contributed by atoms with E-state index in [1.165, 1.54) is 12.3 Å². The van der Waals surface area contributed by atoms with Crippen LogP contribution in [0.25, 0.3) is 11.1 Å². The largest absolute Gasteiger partial charge is 0.463 e. The number of rotatable bonds is 3. The molecule has 0 saturated carbocycles. The summed E-state index contributed by atoms with van der Waals surface area (Å²) < 4.78 is 14.8. The molecule has 0 aliphatic heterocycles. The molecule has 19 heavy (non-hydrogen) atoms. The van der Waals surface area contributed by atoms with Crippen LogP contribution in [0.5, 0.6) is 0 Å². The number of carbonyl (C=O) groups is 2. The number of hydrogen-bond donors (Lipinski definition) is 1. The molecule has 0 fully saturated rings. The number of aromatic amines is 1. The molecule has 2 aromatic heterocycles. The van der Waals surface area contributed by atoms with Gasteiger partial charge in [-0.05, 0) is 20.8 Å². The van der Waals surface area contributed by atoms with Crippen molar-refractivity contribution in [1.29, 1.82) is 0 Å². The van der Waals surface area contributed by atoms with Gasteiger partial charge in [0.05, 0.1) is 17.2 Å². The molecule has 6 nitrogen and oxygen atoms in total. The summed E-state index contributed by atoms with van der Waals surface area (Å²) in [5, 5.41) is 0. The smallest absolute Gasteiger partial charge is 0.357 e. The summed E-state index contributed by atoms with van der Waals surface area (Å²) in [5.74, 6) is -1.03. The zero-order valence-electron chi connectivity index (χ0n) is 11.0. The number of fused-ring (bicyclic) bond motifs is 1. The third-order valence-corrected chi connectivity index (χ3v) is 2.45. The number of aromatic nitrogens is 1. The van der Waals surface area contributed by atoms with Gasteiger partial charge in [-0.25, -0.2) is 4.79 Å². The van der Waals surface area contributed by atoms with Crippen LogP contribution >= 0.6 is 0 Å². The predicted molar refractivity (Wildman–Crippen MR) is 66.4 cm³/mol. The average Bonchev–Trinajstić information content (AvgIpc) is 2.87. The second-order valence-electron chi connectivity index (χ2n) is 5.11. The Morgan fingerprint density at radius 2 is 2.05 bits per heavy atom. The summed E-state index contributed by atoms with van der Waals surface area (Å²) >= 11 is 0. The molecular weight excluding hydrogens is 250 g/mol. The number of hydrogen-bond acceptors (Lipinski definition) is 5. The third-order valence-electron chi connectivity index (χ3n) is 2.45. The van der Waals surface area contributed by atoms with Crippen LogP contribution in [0, 0.1) is 5.41 Å². The fraction of sp³-hybridized carbons (Fsp3) is 0.385. The van der Waals surface area contributed by atoms with E-state index in [1.807, 2.05) is 0 Å². The molecule has 2 heterocycles. The van der Waals surface area contributed by atoms with Gasteiger partial charge in [0, 0.05) is 12.1 Å². The Labute approximate surface area is 109 Å². The predicted octanol–water partition coefficient (Wildman–Crippen LogP) is 2.46. The maximum absolute atomic E-state index is 11.7. The number of carbonyl (C=O) groups excluding carboxylic acids is 2. The third kappa shape index (κ3) is 2.96. The van der Waals surface area contributed by atoms with Gasteiger partial charge >= 0.3 is 11.9 Å². The highest BCUT2D eigenvalue weighted by atomic mass is 16.7. The Morgan fingerprint density at radius 1 is 1.32 bits per heavy atom. The van der Waals surface area contributed by atoms with E-state index in [0.717, 1.165) is 0 Å². The zero-order valence-corrected chi connectivity index (χ0v) is 11.0. The van der Waals surface area contributed by atoms with E-state index in [0.29, 0.717) is 11.1 Å². The molecule has 2 rings (SSSR count). The number of ether oxygens (including phenoxy) is 2. The Balaban J connectivity index is 1.88. The molecule has 0 spiro atoms. The van der Waals surface area contributed by atoms with Crippen molar-refractivity contribution in [3.05, 3.63) is 24.1 Å². The molecule has 102 valence electrons. The molecule has 2 aromatic rings. The van der Waals surface area contributed by atoms with Gasteiger partial charge in [0.15, 0.2) is 5.58 Å². The summed E-state index contributed by atoms with van der Waals surface area (Å²) in [6.45, 7) is 4.75. The summed E-state index contributed by atoms with van der Waals surface area (Å²) in [6, 6.07) is 3.23. The molecule has 0 atom stereocenters. The number of esters is 2. The van der Waals surface area contributed by atoms with Crippen LogP contribution in [0.4, 0.5) is 0 Å². The molecular formula is C13H15NO5. The fourth-order valence-corrected chi connectivity index (χ4v) is 1.39. The van der Waals surface area contributed by atoms with Gasteiger partial charge in [-0.1, -0.05) is 0 Å². The summed E-state index contributed by atoms with van der Waals surface area (Å²) in [5.41, 5.74) is 0.900. The van der Waals surface area contributed by atoms with Crippen molar-refractivity contribution >= 4 is 23.0 Å². The minimum atomic E-state index is -0.626. The number of furan rings is 1. The van der Waals surface area contributed by atoms with E-state index in [2.05, 4.69) is 4.98 Å². The molecule has 6 heteroatoms. The Morgan fingerprint density at radius 3 is 2.68 bits per heavy atom. The molecule has 0 aliphatic carbocycles. The summed E-state index contributed by atoms with van der Waals surface area (Å²) in [7, 11) is 0. The summed E-state index contributed by atoms with van der Waals surface area (Å²) in [6.07, 6.45) is 1.52. The normalized spacial score (nSPS) is 11.5. The van der Waals surface area contributed by atoms with Crippen LogP contribution < -0.4 is 0 Å². The average molecular weight is 265 g/mol. The van der Waals surface area contributed by atoms with E-state index in [9.17, 15) is 9.59 Å². The van der Waals surface area contributed by atoms with Crippen LogP contribution in [-0.4, -0.2) is 23.7 Å². The maximum atomic E-state index is 11.7. The standard InChI is InChI=1S/C13H15NO5/c1-13(2,3)12(16)19-7-18-11(15)9-6-10-8(14-9)4-5-17-10/h4-6,14H,7H2,1-3H3. The van der Waals surface area contributed by atoms with Crippen LogP contribution in [0.2, 0.25) is 0 Å². The first kappa shape index (κ1) is 13.2. The lowest BCUT2D eigenvalue weighted by molar-refractivity contribution is -0.161. The second-order valence-corrected chi connectivity index (χ2v) is 5.11. The molecule has 0 saturated heterocycles. The first-order valence-corrected chi connectivity index (χ1v) is 5.78. The quantitative estimate of drug-likeness (QED) is 0.681. The topological polar surface area (TPSA) is 81.5 Å². The van der Waals surface area contributed by atoms with E-state index in [-0.39, 0.29) is 5.69 Å². The summed E-state index contributed by atoms with van der Waals surface area (Å²) in [4.78, 5) is 25.9. The van der Waals surface area contributed by atoms with Crippen molar-refractivity contribution in [2.45, 2.75) is 20.8 Å². The van der Waals surface area contributed by atoms with Gasteiger partial charge in [-0.2, -0.15) is 0 Å². The molecule has 0 aliphatic rings. The highest BCUT2D eigenvalue weighted by molar-refractivity contribution is 5.93. The van der Waals surface area contributed by atoms with Gasteiger partial charge in [0.1, 0.15) is 5.69 Å². The van der Waals surface area contributed by atoms with Crippen LogP contribution in [0.1, 0.15) is 31.3 Å². The molecule has 0 radical (unpaired) electrons. The van der Waals surface area contributed by atoms with Gasteiger partial charge < -0.3 is 18.9 Å². The fourth-order valence-electron chi connectivity index (χ4n) is 1.39. The molecule has 0 bridgehead atoms. The van der Waals surface area contributed by atoms with Crippen LogP contribution in [-0.2, 0) is 14.3 Å². The van der Waals surface area contributed by atoms with Crippen molar-refractivity contribution in [2.24, 2.45) is 5.41 Å². The molecule has 0 amide bonds. The lowest BCUT2D eigenvalue weighted by Crippen LogP contribution is -2.24. The van der Waals surface area contributed by atoms with E-state index in [1.54, 1.807) is 26.8 Å². The van der Waals surface area contributed by atoms with Crippen molar-refractivity contribution in [1.82, 2.24) is 4.98 Å². The van der Waals surface area contributed by atoms with Crippen molar-refractivity contribution < 1.29 is 23.5 Å². The van der Waals surface area contributed by atoms with E-state index < -0.39 is 24.1 Å². The monoisotopic (exact) mass is 265 g/mol. The Bertz CT molecular complexity index is 573. The highest BCUT2D eigenvalue weighted by Crippen LogP contribution is 2.17. The van der Waals surface area contributed by atoms with Crippen molar-refractivity contribution in [3.8, 4) is 0 Å². The molecule has 0 aromatic carbocycles. The van der Waals surface area contributed by atoms with Gasteiger partial charge in [-0.3, -0.25) is 4.79 Å². The Hall–Kier alpha value is -2.24. The SMILES string of the molecule is CC(C)(C)C(=O)OCOC(=O)c1cc2occc2[nH]1. The van der Waals surface area contributed by atoms with Crippen LogP contribution in [0.15, 0.2) is 22.8 Å². The van der Waals surface area contributed by atoms with E-state index in [4.69, 9.17) is 13.9 Å². The van der Waals surface area contributed by atoms with Gasteiger partial charge in [-0.15, -0.1) is 0 Å². The lowest BCUT2D eigenvalue weighted by Gasteiger charge is -2.16. The Kier molecular flexibility index (Phi) is 3.33. The van der Waals surface area contributed by atoms with Gasteiger partial charge in [0.25, 0.3) is 0 Å². The van der Waals surface area contributed by atoms with Crippen molar-refractivity contribution in [2.75, 3.05) is 6.79 Å². The van der Waals surface area contributed by atoms with Gasteiger partial charge in [0.2, 0.25) is 6.79 Å². The highest BCUT2D eigenvalue weighted by Gasteiger charge is 2.23. The lowest BCUT2D eigenvalue weighted by atomic mass is 9.98. The second kappa shape index (κ2) is 4.79. The first-order chi connectivity index (χ1) is 8.88. The number of H-pyrrole nitrogens is 1. The molecule has 1 N–H and O–H groups in total. The minimum absolute atomic E-state index is 0.251. The molecule has 0 unspecified atom stereocenters. The van der Waals surface area contributed by atoms with E-state index >= 15 is 0 Å². The van der Waals surface area contributed by atoms with Crippen molar-refractivity contribution in [3.63, 3.8) is 0 Å². The zero-order chi connectivity index (χ0) is 14.0.